The van der Waals surface area contributed by atoms with E-state index in [-0.39, 0.29) is 6.10 Å². The summed E-state index contributed by atoms with van der Waals surface area (Å²) in [6.07, 6.45) is 2.09. The Morgan fingerprint density at radius 3 is 2.86 bits per heavy atom. The molecule has 0 aliphatic carbocycles. The molecule has 14 heavy (non-hydrogen) atoms. The monoisotopic (exact) mass is 272 g/mol. The molecule has 0 aromatic heterocycles. The zero-order valence-electron chi connectivity index (χ0n) is 7.82. The van der Waals surface area contributed by atoms with Gasteiger partial charge in [0.1, 0.15) is 0 Å². The minimum absolute atomic E-state index is 0.301. The fraction of sp³-hybridized carbons (Fsp3) is 0.273. The Morgan fingerprint density at radius 2 is 2.21 bits per heavy atom. The predicted octanol–water partition coefficient (Wildman–Crippen LogP) is 3.48. The fourth-order valence-corrected chi connectivity index (χ4v) is 2.53. The summed E-state index contributed by atoms with van der Waals surface area (Å²) in [6, 6.07) is 8.01. The summed E-state index contributed by atoms with van der Waals surface area (Å²) in [7, 11) is 0. The van der Waals surface area contributed by atoms with E-state index in [1.54, 1.807) is 17.8 Å². The molecule has 0 bridgehead atoms. The number of hydrogen-bond acceptors (Lipinski definition) is 2. The Kier molecular flexibility index (Phi) is 5.30. The molecule has 0 fully saturated rings. The first-order chi connectivity index (χ1) is 6.74. The van der Waals surface area contributed by atoms with Crippen LogP contribution in [0.1, 0.15) is 6.42 Å². The summed E-state index contributed by atoms with van der Waals surface area (Å²) in [6.45, 7) is 3.59. The standard InChI is InChI=1S/C11H13BrOS/c1-2-5-9(13)8-14-11-7-4-3-6-10(11)12/h2-4,6-7,9,13H,1,5,8H2. The van der Waals surface area contributed by atoms with Gasteiger partial charge in [-0.1, -0.05) is 18.2 Å². The smallest absolute Gasteiger partial charge is 0.0668 e. The Balaban J connectivity index is 2.45. The van der Waals surface area contributed by atoms with Crippen molar-refractivity contribution in [3.05, 3.63) is 41.4 Å². The van der Waals surface area contributed by atoms with Crippen molar-refractivity contribution in [1.82, 2.24) is 0 Å². The lowest BCUT2D eigenvalue weighted by Crippen LogP contribution is -2.07. The van der Waals surface area contributed by atoms with Gasteiger partial charge in [0.15, 0.2) is 0 Å². The van der Waals surface area contributed by atoms with Crippen molar-refractivity contribution in [3.63, 3.8) is 0 Å². The summed E-state index contributed by atoms with van der Waals surface area (Å²) < 4.78 is 1.08. The second-order valence-electron chi connectivity index (χ2n) is 2.92. The Bertz CT molecular complexity index is 301. The number of rotatable bonds is 5. The molecule has 76 valence electrons. The van der Waals surface area contributed by atoms with Crippen LogP contribution >= 0.6 is 27.7 Å². The Morgan fingerprint density at radius 1 is 1.50 bits per heavy atom. The zero-order valence-corrected chi connectivity index (χ0v) is 10.2. The summed E-state index contributed by atoms with van der Waals surface area (Å²) in [5.41, 5.74) is 0. The third-order valence-electron chi connectivity index (χ3n) is 1.71. The van der Waals surface area contributed by atoms with Crippen LogP contribution in [0.2, 0.25) is 0 Å². The van der Waals surface area contributed by atoms with Crippen LogP contribution in [0.25, 0.3) is 0 Å². The van der Waals surface area contributed by atoms with E-state index in [0.717, 1.165) is 9.37 Å². The quantitative estimate of drug-likeness (QED) is 0.654. The van der Waals surface area contributed by atoms with Crippen molar-refractivity contribution >= 4 is 27.7 Å². The van der Waals surface area contributed by atoms with Crippen molar-refractivity contribution in [2.24, 2.45) is 0 Å². The lowest BCUT2D eigenvalue weighted by Gasteiger charge is -2.08. The molecule has 0 saturated heterocycles. The second kappa shape index (κ2) is 6.27. The summed E-state index contributed by atoms with van der Waals surface area (Å²) in [5, 5.41) is 9.49. The highest BCUT2D eigenvalue weighted by atomic mass is 79.9. The number of thioether (sulfide) groups is 1. The molecule has 0 heterocycles. The van der Waals surface area contributed by atoms with Crippen molar-refractivity contribution < 1.29 is 5.11 Å². The van der Waals surface area contributed by atoms with Gasteiger partial charge in [-0.25, -0.2) is 0 Å². The first kappa shape index (κ1) is 11.8. The van der Waals surface area contributed by atoms with Gasteiger partial charge >= 0.3 is 0 Å². The van der Waals surface area contributed by atoms with E-state index in [9.17, 15) is 5.11 Å². The SMILES string of the molecule is C=CCC(O)CSc1ccccc1Br. The summed E-state index contributed by atoms with van der Waals surface area (Å²) in [4.78, 5) is 1.16. The van der Waals surface area contributed by atoms with Crippen molar-refractivity contribution in [1.29, 1.82) is 0 Å². The molecule has 0 amide bonds. The molecule has 1 atom stereocenters. The van der Waals surface area contributed by atoms with Gasteiger partial charge in [0.2, 0.25) is 0 Å². The molecule has 0 spiro atoms. The molecular weight excluding hydrogens is 260 g/mol. The van der Waals surface area contributed by atoms with Crippen LogP contribution in [0.4, 0.5) is 0 Å². The van der Waals surface area contributed by atoms with Gasteiger partial charge in [0, 0.05) is 15.1 Å². The molecule has 3 heteroatoms. The van der Waals surface area contributed by atoms with E-state index in [1.165, 1.54) is 0 Å². The molecule has 1 aromatic carbocycles. The van der Waals surface area contributed by atoms with Crippen molar-refractivity contribution in [2.75, 3.05) is 5.75 Å². The summed E-state index contributed by atoms with van der Waals surface area (Å²) >= 11 is 5.11. The zero-order chi connectivity index (χ0) is 10.4. The highest BCUT2D eigenvalue weighted by molar-refractivity contribution is 9.10. The first-order valence-corrected chi connectivity index (χ1v) is 6.18. The minimum Gasteiger partial charge on any atom is -0.392 e. The largest absolute Gasteiger partial charge is 0.392 e. The average molecular weight is 273 g/mol. The van der Waals surface area contributed by atoms with Gasteiger partial charge in [-0.05, 0) is 34.5 Å². The van der Waals surface area contributed by atoms with E-state index in [2.05, 4.69) is 22.5 Å². The summed E-state index contributed by atoms with van der Waals surface area (Å²) in [5.74, 6) is 0.703. The molecule has 1 unspecified atom stereocenters. The van der Waals surface area contributed by atoms with E-state index in [4.69, 9.17) is 0 Å². The molecular formula is C11H13BrOS. The molecule has 0 aliphatic rings. The Hall–Kier alpha value is -0.250. The molecule has 1 aromatic rings. The lowest BCUT2D eigenvalue weighted by atomic mass is 10.3. The second-order valence-corrected chi connectivity index (χ2v) is 4.84. The number of halogens is 1. The van der Waals surface area contributed by atoms with Crippen LogP contribution < -0.4 is 0 Å². The molecule has 0 aliphatic heterocycles. The highest BCUT2D eigenvalue weighted by Crippen LogP contribution is 2.27. The topological polar surface area (TPSA) is 20.2 Å². The van der Waals surface area contributed by atoms with Gasteiger partial charge < -0.3 is 5.11 Å². The van der Waals surface area contributed by atoms with Crippen LogP contribution in [0.5, 0.6) is 0 Å². The van der Waals surface area contributed by atoms with Gasteiger partial charge in [0.25, 0.3) is 0 Å². The normalized spacial score (nSPS) is 12.4. The molecule has 1 rings (SSSR count). The van der Waals surface area contributed by atoms with E-state index in [1.807, 2.05) is 24.3 Å². The van der Waals surface area contributed by atoms with Gasteiger partial charge in [0.05, 0.1) is 6.10 Å². The fourth-order valence-electron chi connectivity index (χ4n) is 1.01. The van der Waals surface area contributed by atoms with Crippen molar-refractivity contribution in [2.45, 2.75) is 17.4 Å². The molecule has 0 radical (unpaired) electrons. The van der Waals surface area contributed by atoms with Crippen LogP contribution in [-0.2, 0) is 0 Å². The predicted molar refractivity (Wildman–Crippen MR) is 65.7 cm³/mol. The molecule has 0 saturated carbocycles. The lowest BCUT2D eigenvalue weighted by molar-refractivity contribution is 0.203. The van der Waals surface area contributed by atoms with Crippen LogP contribution in [-0.4, -0.2) is 17.0 Å². The van der Waals surface area contributed by atoms with Gasteiger partial charge in [-0.2, -0.15) is 0 Å². The number of benzene rings is 1. The van der Waals surface area contributed by atoms with Crippen LogP contribution in [0.15, 0.2) is 46.3 Å². The molecule has 1 nitrogen and oxygen atoms in total. The van der Waals surface area contributed by atoms with Gasteiger partial charge in [-0.15, -0.1) is 18.3 Å². The third kappa shape index (κ3) is 3.86. The Labute approximate surface area is 97.4 Å². The molecule has 1 N–H and O–H groups in total. The number of hydrogen-bond donors (Lipinski definition) is 1. The minimum atomic E-state index is -0.301. The maximum Gasteiger partial charge on any atom is 0.0668 e. The number of aliphatic hydroxyl groups excluding tert-OH is 1. The van der Waals surface area contributed by atoms with Crippen molar-refractivity contribution in [3.8, 4) is 0 Å². The van der Waals surface area contributed by atoms with Gasteiger partial charge in [-0.3, -0.25) is 0 Å². The highest BCUT2D eigenvalue weighted by Gasteiger charge is 2.04. The van der Waals surface area contributed by atoms with Crippen LogP contribution in [0.3, 0.4) is 0 Å². The van der Waals surface area contributed by atoms with E-state index < -0.39 is 0 Å². The maximum absolute atomic E-state index is 9.49. The van der Waals surface area contributed by atoms with E-state index in [0.29, 0.717) is 12.2 Å². The number of aliphatic hydroxyl groups is 1. The maximum atomic E-state index is 9.49. The third-order valence-corrected chi connectivity index (χ3v) is 3.88. The van der Waals surface area contributed by atoms with E-state index >= 15 is 0 Å². The average Bonchev–Trinajstić information content (AvgIpc) is 2.17. The van der Waals surface area contributed by atoms with Crippen LogP contribution in [0, 0.1) is 0 Å². The first-order valence-electron chi connectivity index (χ1n) is 4.40.